The first-order valence-corrected chi connectivity index (χ1v) is 9.09. The van der Waals surface area contributed by atoms with Crippen LogP contribution < -0.4 is 0 Å². The van der Waals surface area contributed by atoms with E-state index in [1.54, 1.807) is 12.3 Å². The fourth-order valence-corrected chi connectivity index (χ4v) is 3.05. The molecule has 2 aromatic carbocycles. The minimum absolute atomic E-state index is 0.0111. The van der Waals surface area contributed by atoms with Crippen LogP contribution in [0.25, 0.3) is 17.3 Å². The molecule has 0 N–H and O–H groups in total. The summed E-state index contributed by atoms with van der Waals surface area (Å²) in [6.07, 6.45) is 9.57. The molecular weight excluding hydrogens is 322 g/mol. The number of carbonyl (C=O) groups excluding carboxylic acids is 1. The second-order valence-electron chi connectivity index (χ2n) is 6.28. The van der Waals surface area contributed by atoms with Crippen LogP contribution in [0.1, 0.15) is 47.7 Å². The number of nitrogens with zero attached hydrogens (tertiary/aromatic N) is 1. The van der Waals surface area contributed by atoms with Gasteiger partial charge in [0.15, 0.2) is 5.78 Å². The van der Waals surface area contributed by atoms with Gasteiger partial charge in [0, 0.05) is 17.2 Å². The van der Waals surface area contributed by atoms with Crippen LogP contribution in [0.4, 0.5) is 0 Å². The molecule has 3 heteroatoms. The van der Waals surface area contributed by atoms with Crippen molar-refractivity contribution in [2.75, 3.05) is 0 Å². The molecule has 26 heavy (non-hydrogen) atoms. The molecule has 0 fully saturated rings. The fraction of sp³-hybridized carbons (Fsp3) is 0.217. The summed E-state index contributed by atoms with van der Waals surface area (Å²) in [4.78, 5) is 12.4. The monoisotopic (exact) mass is 345 g/mol. The molecule has 0 unspecified atom stereocenters. The lowest BCUT2D eigenvalue weighted by molar-refractivity contribution is 0.104. The average Bonchev–Trinajstić information content (AvgIpc) is 3.22. The molecular formula is C23H23NO2. The van der Waals surface area contributed by atoms with E-state index in [1.165, 1.54) is 18.4 Å². The first-order valence-electron chi connectivity index (χ1n) is 9.09. The SMILES string of the molecule is CCCCCc1c(C=CC(=O)c2ccccc2)cccc1-c1ccon1. The summed E-state index contributed by atoms with van der Waals surface area (Å²) in [7, 11) is 0. The number of ketones is 1. The highest BCUT2D eigenvalue weighted by Crippen LogP contribution is 2.28. The Morgan fingerprint density at radius 3 is 2.62 bits per heavy atom. The van der Waals surface area contributed by atoms with Gasteiger partial charge in [-0.15, -0.1) is 0 Å². The number of hydrogen-bond acceptors (Lipinski definition) is 3. The number of carbonyl (C=O) groups is 1. The van der Waals surface area contributed by atoms with Crippen LogP contribution in [0.15, 0.2) is 71.5 Å². The van der Waals surface area contributed by atoms with Gasteiger partial charge in [-0.3, -0.25) is 4.79 Å². The van der Waals surface area contributed by atoms with Gasteiger partial charge in [-0.05, 0) is 30.0 Å². The van der Waals surface area contributed by atoms with E-state index in [0.29, 0.717) is 5.56 Å². The van der Waals surface area contributed by atoms with Crippen LogP contribution in [0.2, 0.25) is 0 Å². The van der Waals surface area contributed by atoms with E-state index in [1.807, 2.05) is 48.5 Å². The van der Waals surface area contributed by atoms with Crippen LogP contribution in [-0.2, 0) is 6.42 Å². The minimum atomic E-state index is 0.0111. The van der Waals surface area contributed by atoms with Crippen molar-refractivity contribution in [3.63, 3.8) is 0 Å². The van der Waals surface area contributed by atoms with Crippen LogP contribution in [0.5, 0.6) is 0 Å². The van der Waals surface area contributed by atoms with Crippen molar-refractivity contribution in [3.8, 4) is 11.3 Å². The van der Waals surface area contributed by atoms with Gasteiger partial charge < -0.3 is 4.52 Å². The molecule has 3 nitrogen and oxygen atoms in total. The van der Waals surface area contributed by atoms with Crippen LogP contribution in [0, 0.1) is 0 Å². The maximum absolute atomic E-state index is 12.4. The molecule has 0 saturated heterocycles. The second kappa shape index (κ2) is 8.95. The van der Waals surface area contributed by atoms with E-state index >= 15 is 0 Å². The number of aromatic nitrogens is 1. The molecule has 0 saturated carbocycles. The standard InChI is InChI=1S/C23H23NO2/c1-2-3-5-12-20-18(11-8-13-21(20)22-16-17-26-24-22)14-15-23(25)19-9-6-4-7-10-19/h4,6-11,13-17H,2-3,5,12H2,1H3. The average molecular weight is 345 g/mol. The zero-order valence-corrected chi connectivity index (χ0v) is 15.0. The second-order valence-corrected chi connectivity index (χ2v) is 6.28. The number of rotatable bonds is 8. The lowest BCUT2D eigenvalue weighted by Crippen LogP contribution is -1.97. The Balaban J connectivity index is 1.91. The van der Waals surface area contributed by atoms with E-state index in [0.717, 1.165) is 29.7 Å². The molecule has 3 aromatic rings. The molecule has 0 aliphatic rings. The summed E-state index contributed by atoms with van der Waals surface area (Å²) in [6, 6.07) is 17.3. The molecule has 3 rings (SSSR count). The van der Waals surface area contributed by atoms with Crippen molar-refractivity contribution in [3.05, 3.63) is 83.6 Å². The lowest BCUT2D eigenvalue weighted by Gasteiger charge is -2.11. The lowest BCUT2D eigenvalue weighted by atomic mass is 9.93. The van der Waals surface area contributed by atoms with Crippen molar-refractivity contribution in [1.82, 2.24) is 5.16 Å². The summed E-state index contributed by atoms with van der Waals surface area (Å²) in [5.74, 6) is 0.0111. The van der Waals surface area contributed by atoms with Crippen molar-refractivity contribution in [1.29, 1.82) is 0 Å². The summed E-state index contributed by atoms with van der Waals surface area (Å²) in [5, 5.41) is 4.09. The predicted octanol–water partition coefficient (Wildman–Crippen LogP) is 5.97. The summed E-state index contributed by atoms with van der Waals surface area (Å²) in [6.45, 7) is 2.20. The first kappa shape index (κ1) is 17.9. The van der Waals surface area contributed by atoms with Gasteiger partial charge in [-0.2, -0.15) is 0 Å². The summed E-state index contributed by atoms with van der Waals surface area (Å²) < 4.78 is 5.02. The van der Waals surface area contributed by atoms with E-state index < -0.39 is 0 Å². The topological polar surface area (TPSA) is 43.1 Å². The zero-order chi connectivity index (χ0) is 18.2. The van der Waals surface area contributed by atoms with Crippen molar-refractivity contribution < 1.29 is 9.32 Å². The highest BCUT2D eigenvalue weighted by molar-refractivity contribution is 6.06. The third-order valence-electron chi connectivity index (χ3n) is 4.43. The first-order chi connectivity index (χ1) is 12.8. The molecule has 1 aromatic heterocycles. The molecule has 0 atom stereocenters. The van der Waals surface area contributed by atoms with Crippen molar-refractivity contribution in [2.24, 2.45) is 0 Å². The quantitative estimate of drug-likeness (QED) is 0.287. The molecule has 0 aliphatic carbocycles. The number of unbranched alkanes of at least 4 members (excludes halogenated alkanes) is 2. The van der Waals surface area contributed by atoms with Gasteiger partial charge in [0.1, 0.15) is 12.0 Å². The van der Waals surface area contributed by atoms with E-state index in [4.69, 9.17) is 4.52 Å². The van der Waals surface area contributed by atoms with Crippen molar-refractivity contribution in [2.45, 2.75) is 32.6 Å². The zero-order valence-electron chi connectivity index (χ0n) is 15.0. The van der Waals surface area contributed by atoms with Gasteiger partial charge in [-0.1, -0.05) is 79.5 Å². The molecule has 132 valence electrons. The smallest absolute Gasteiger partial charge is 0.185 e. The Bertz CT molecular complexity index is 864. The summed E-state index contributed by atoms with van der Waals surface area (Å²) in [5.41, 5.74) is 4.88. The minimum Gasteiger partial charge on any atom is -0.364 e. The van der Waals surface area contributed by atoms with Gasteiger partial charge in [0.2, 0.25) is 0 Å². The molecule has 0 bridgehead atoms. The maximum Gasteiger partial charge on any atom is 0.185 e. The van der Waals surface area contributed by atoms with Gasteiger partial charge in [0.05, 0.1) is 0 Å². The molecule has 0 amide bonds. The van der Waals surface area contributed by atoms with Crippen LogP contribution >= 0.6 is 0 Å². The molecule has 0 spiro atoms. The fourth-order valence-electron chi connectivity index (χ4n) is 3.05. The third kappa shape index (κ3) is 4.37. The van der Waals surface area contributed by atoms with Crippen molar-refractivity contribution >= 4 is 11.9 Å². The Morgan fingerprint density at radius 1 is 1.04 bits per heavy atom. The normalized spacial score (nSPS) is 11.1. The Kier molecular flexibility index (Phi) is 6.15. The number of benzene rings is 2. The summed E-state index contributed by atoms with van der Waals surface area (Å²) >= 11 is 0. The number of allylic oxidation sites excluding steroid dienone is 1. The van der Waals surface area contributed by atoms with Gasteiger partial charge in [0.25, 0.3) is 0 Å². The predicted molar refractivity (Wildman–Crippen MR) is 105 cm³/mol. The highest BCUT2D eigenvalue weighted by atomic mass is 16.5. The van der Waals surface area contributed by atoms with Crippen LogP contribution in [0.3, 0.4) is 0 Å². The maximum atomic E-state index is 12.4. The van der Waals surface area contributed by atoms with E-state index in [-0.39, 0.29) is 5.78 Å². The van der Waals surface area contributed by atoms with Crippen LogP contribution in [-0.4, -0.2) is 10.9 Å². The number of hydrogen-bond donors (Lipinski definition) is 0. The molecule has 0 radical (unpaired) electrons. The molecule has 1 heterocycles. The van der Waals surface area contributed by atoms with Gasteiger partial charge >= 0.3 is 0 Å². The Hall–Kier alpha value is -2.94. The largest absolute Gasteiger partial charge is 0.364 e. The third-order valence-corrected chi connectivity index (χ3v) is 4.43. The van der Waals surface area contributed by atoms with E-state index in [2.05, 4.69) is 24.2 Å². The van der Waals surface area contributed by atoms with E-state index in [9.17, 15) is 4.79 Å². The highest BCUT2D eigenvalue weighted by Gasteiger charge is 2.11. The Labute approximate surface area is 154 Å². The molecule has 0 aliphatic heterocycles. The van der Waals surface area contributed by atoms with Gasteiger partial charge in [-0.25, -0.2) is 0 Å². The Morgan fingerprint density at radius 2 is 1.88 bits per heavy atom.